The Balaban J connectivity index is 1.64. The van der Waals surface area contributed by atoms with Gasteiger partial charge in [0.15, 0.2) is 11.5 Å². The number of halogens is 1. The molecular formula is C24H30FNO3. The zero-order chi connectivity index (χ0) is 20.6. The second kappa shape index (κ2) is 10.3. The summed E-state index contributed by atoms with van der Waals surface area (Å²) in [5.41, 5.74) is 2.18. The molecule has 1 aliphatic rings. The predicted octanol–water partition coefficient (Wildman–Crippen LogP) is 5.22. The minimum absolute atomic E-state index is 0.0888. The number of hydrogen-bond acceptors (Lipinski definition) is 3. The van der Waals surface area contributed by atoms with E-state index in [1.165, 1.54) is 18.9 Å². The molecule has 0 spiro atoms. The number of hydrogen-bond donors (Lipinski definition) is 1. The van der Waals surface area contributed by atoms with E-state index in [1.54, 1.807) is 31.4 Å². The van der Waals surface area contributed by atoms with E-state index in [9.17, 15) is 9.18 Å². The van der Waals surface area contributed by atoms with Crippen LogP contribution in [0, 0.1) is 12.7 Å². The lowest BCUT2D eigenvalue weighted by Gasteiger charge is -2.17. The largest absolute Gasteiger partial charge is 0.493 e. The summed E-state index contributed by atoms with van der Waals surface area (Å²) in [6.45, 7) is 2.23. The van der Waals surface area contributed by atoms with Gasteiger partial charge in [-0.25, -0.2) is 4.39 Å². The maximum absolute atomic E-state index is 13.9. The second-order valence-corrected chi connectivity index (χ2v) is 7.72. The van der Waals surface area contributed by atoms with Gasteiger partial charge in [0.25, 0.3) is 5.91 Å². The molecule has 0 radical (unpaired) electrons. The first kappa shape index (κ1) is 21.2. The normalized spacial score (nSPS) is 14.9. The Morgan fingerprint density at radius 3 is 2.55 bits per heavy atom. The molecule has 3 rings (SSSR count). The average Bonchev–Trinajstić information content (AvgIpc) is 2.99. The Hall–Kier alpha value is -2.56. The highest BCUT2D eigenvalue weighted by atomic mass is 19.1. The van der Waals surface area contributed by atoms with Crippen molar-refractivity contribution in [2.75, 3.05) is 13.7 Å². The van der Waals surface area contributed by atoms with Crippen molar-refractivity contribution in [1.29, 1.82) is 0 Å². The van der Waals surface area contributed by atoms with Gasteiger partial charge in [-0.1, -0.05) is 43.4 Å². The third kappa shape index (κ3) is 5.96. The summed E-state index contributed by atoms with van der Waals surface area (Å²) in [6.07, 6.45) is 7.33. The number of ether oxygens (including phenoxy) is 2. The standard InChI is InChI=1S/C24H30FNO3/c1-17-9-11-21(25)18(15-17)13-14-29-23-16-19(10-12-22(23)28-2)24(27)26-20-7-5-3-4-6-8-20/h9-12,15-16,20H,3-8,13-14H2,1-2H3,(H,26,27). The van der Waals surface area contributed by atoms with Crippen LogP contribution in [0.3, 0.4) is 0 Å². The SMILES string of the molecule is COc1ccc(C(=O)NC2CCCCCC2)cc1OCCc1cc(C)ccc1F. The number of rotatable bonds is 7. The molecule has 29 heavy (non-hydrogen) atoms. The predicted molar refractivity (Wildman–Crippen MR) is 112 cm³/mol. The zero-order valence-electron chi connectivity index (χ0n) is 17.3. The lowest BCUT2D eigenvalue weighted by molar-refractivity contribution is 0.0933. The van der Waals surface area contributed by atoms with Gasteiger partial charge in [0, 0.05) is 18.0 Å². The molecule has 2 aromatic carbocycles. The maximum atomic E-state index is 13.9. The highest BCUT2D eigenvalue weighted by Gasteiger charge is 2.17. The first-order chi connectivity index (χ1) is 14.1. The third-order valence-electron chi connectivity index (χ3n) is 5.45. The summed E-state index contributed by atoms with van der Waals surface area (Å²) in [6, 6.07) is 10.5. The molecule has 0 unspecified atom stereocenters. The van der Waals surface area contributed by atoms with Gasteiger partial charge >= 0.3 is 0 Å². The number of amides is 1. The molecule has 0 heterocycles. The number of carbonyl (C=O) groups is 1. The van der Waals surface area contributed by atoms with Crippen LogP contribution >= 0.6 is 0 Å². The van der Waals surface area contributed by atoms with E-state index in [0.29, 0.717) is 35.7 Å². The molecule has 1 aliphatic carbocycles. The first-order valence-electron chi connectivity index (χ1n) is 10.4. The molecule has 1 fully saturated rings. The fraction of sp³-hybridized carbons (Fsp3) is 0.458. The molecule has 0 atom stereocenters. The lowest BCUT2D eigenvalue weighted by Crippen LogP contribution is -2.34. The van der Waals surface area contributed by atoms with E-state index in [-0.39, 0.29) is 17.8 Å². The molecule has 0 saturated heterocycles. The van der Waals surface area contributed by atoms with Crippen molar-refractivity contribution in [1.82, 2.24) is 5.32 Å². The summed E-state index contributed by atoms with van der Waals surface area (Å²) < 4.78 is 25.1. The van der Waals surface area contributed by atoms with Crippen LogP contribution in [0.4, 0.5) is 4.39 Å². The average molecular weight is 400 g/mol. The highest BCUT2D eigenvalue weighted by molar-refractivity contribution is 5.95. The monoisotopic (exact) mass is 399 g/mol. The fourth-order valence-corrected chi connectivity index (χ4v) is 3.79. The summed E-state index contributed by atoms with van der Waals surface area (Å²) in [5.74, 6) is 0.728. The molecule has 0 bridgehead atoms. The van der Waals surface area contributed by atoms with E-state index in [4.69, 9.17) is 9.47 Å². The number of methoxy groups -OCH3 is 1. The van der Waals surface area contributed by atoms with Gasteiger partial charge in [0.2, 0.25) is 0 Å². The maximum Gasteiger partial charge on any atom is 0.251 e. The molecule has 1 N–H and O–H groups in total. The van der Waals surface area contributed by atoms with Crippen LogP contribution in [0.1, 0.15) is 60.0 Å². The minimum Gasteiger partial charge on any atom is -0.493 e. The number of carbonyl (C=O) groups excluding carboxylic acids is 1. The van der Waals surface area contributed by atoms with Crippen LogP contribution in [0.2, 0.25) is 0 Å². The fourth-order valence-electron chi connectivity index (χ4n) is 3.79. The molecular weight excluding hydrogens is 369 g/mol. The van der Waals surface area contributed by atoms with E-state index < -0.39 is 0 Å². The van der Waals surface area contributed by atoms with Crippen molar-refractivity contribution >= 4 is 5.91 Å². The topological polar surface area (TPSA) is 47.6 Å². The van der Waals surface area contributed by atoms with E-state index >= 15 is 0 Å². The molecule has 2 aromatic rings. The van der Waals surface area contributed by atoms with Gasteiger partial charge in [-0.2, -0.15) is 0 Å². The summed E-state index contributed by atoms with van der Waals surface area (Å²) in [5, 5.41) is 3.15. The lowest BCUT2D eigenvalue weighted by atomic mass is 10.1. The van der Waals surface area contributed by atoms with Crippen LogP contribution in [0.5, 0.6) is 11.5 Å². The van der Waals surface area contributed by atoms with Crippen LogP contribution < -0.4 is 14.8 Å². The van der Waals surface area contributed by atoms with Crippen LogP contribution in [-0.2, 0) is 6.42 Å². The van der Waals surface area contributed by atoms with E-state index in [2.05, 4.69) is 5.32 Å². The first-order valence-corrected chi connectivity index (χ1v) is 10.4. The third-order valence-corrected chi connectivity index (χ3v) is 5.45. The number of aryl methyl sites for hydroxylation is 1. The van der Waals surface area contributed by atoms with Gasteiger partial charge in [0.05, 0.1) is 13.7 Å². The van der Waals surface area contributed by atoms with E-state index in [1.807, 2.05) is 13.0 Å². The van der Waals surface area contributed by atoms with Gasteiger partial charge in [-0.05, 0) is 49.6 Å². The zero-order valence-corrected chi connectivity index (χ0v) is 17.3. The summed E-state index contributed by atoms with van der Waals surface area (Å²) >= 11 is 0. The minimum atomic E-state index is -0.234. The highest BCUT2D eigenvalue weighted by Crippen LogP contribution is 2.29. The van der Waals surface area contributed by atoms with E-state index in [0.717, 1.165) is 31.2 Å². The van der Waals surface area contributed by atoms with Crippen molar-refractivity contribution < 1.29 is 18.7 Å². The summed E-state index contributed by atoms with van der Waals surface area (Å²) in [4.78, 5) is 12.7. The molecule has 0 aliphatic heterocycles. The Morgan fingerprint density at radius 1 is 1.07 bits per heavy atom. The van der Waals surface area contributed by atoms with Crippen molar-refractivity contribution in [3.63, 3.8) is 0 Å². The van der Waals surface area contributed by atoms with Crippen molar-refractivity contribution in [2.24, 2.45) is 0 Å². The molecule has 5 heteroatoms. The smallest absolute Gasteiger partial charge is 0.251 e. The van der Waals surface area contributed by atoms with Gasteiger partial charge in [-0.15, -0.1) is 0 Å². The van der Waals surface area contributed by atoms with Gasteiger partial charge in [-0.3, -0.25) is 4.79 Å². The van der Waals surface area contributed by atoms with Crippen LogP contribution in [0.25, 0.3) is 0 Å². The van der Waals surface area contributed by atoms with Crippen LogP contribution in [-0.4, -0.2) is 25.7 Å². The number of nitrogens with one attached hydrogen (secondary N) is 1. The molecule has 4 nitrogen and oxygen atoms in total. The Kier molecular flexibility index (Phi) is 7.50. The molecule has 156 valence electrons. The van der Waals surface area contributed by atoms with Gasteiger partial charge in [0.1, 0.15) is 5.82 Å². The number of benzene rings is 2. The van der Waals surface area contributed by atoms with Gasteiger partial charge < -0.3 is 14.8 Å². The van der Waals surface area contributed by atoms with Crippen molar-refractivity contribution in [2.45, 2.75) is 57.9 Å². The van der Waals surface area contributed by atoms with Crippen LogP contribution in [0.15, 0.2) is 36.4 Å². The van der Waals surface area contributed by atoms with Crippen molar-refractivity contribution in [3.05, 3.63) is 58.9 Å². The Morgan fingerprint density at radius 2 is 1.83 bits per heavy atom. The van der Waals surface area contributed by atoms with Crippen molar-refractivity contribution in [3.8, 4) is 11.5 Å². The molecule has 0 aromatic heterocycles. The second-order valence-electron chi connectivity index (χ2n) is 7.72. The Bertz CT molecular complexity index is 829. The Labute approximate surface area is 172 Å². The molecule has 1 saturated carbocycles. The quantitative estimate of drug-likeness (QED) is 0.650. The summed E-state index contributed by atoms with van der Waals surface area (Å²) in [7, 11) is 1.56. The molecule has 1 amide bonds.